The minimum absolute atomic E-state index is 0.465. The third-order valence-corrected chi connectivity index (χ3v) is 5.18. The van der Waals surface area contributed by atoms with E-state index in [1.54, 1.807) is 0 Å². The van der Waals surface area contributed by atoms with E-state index in [-0.39, 0.29) is 0 Å². The van der Waals surface area contributed by atoms with Crippen LogP contribution in [0.2, 0.25) is 0 Å². The van der Waals surface area contributed by atoms with Crippen molar-refractivity contribution in [2.75, 3.05) is 0 Å². The molecule has 98 valence electrons. The van der Waals surface area contributed by atoms with Crippen LogP contribution in [0.4, 0.5) is 0 Å². The van der Waals surface area contributed by atoms with E-state index in [0.717, 1.165) is 24.3 Å². The Kier molecular flexibility index (Phi) is 2.43. The largest absolute Gasteiger partial charge is 0.389 e. The number of hydrogen-bond donors (Lipinski definition) is 1. The molecule has 1 heterocycles. The molecule has 2 aliphatic rings. The average molecular weight is 253 g/mol. The Hall–Kier alpha value is -1.41. The van der Waals surface area contributed by atoms with E-state index in [9.17, 15) is 5.11 Å². The molecule has 0 spiro atoms. The van der Waals surface area contributed by atoms with Gasteiger partial charge in [-0.15, -0.1) is 0 Å². The second-order valence-electron chi connectivity index (χ2n) is 6.35. The number of benzene rings is 1. The fourth-order valence-electron chi connectivity index (χ4n) is 4.27. The van der Waals surface area contributed by atoms with Crippen molar-refractivity contribution < 1.29 is 5.11 Å². The topological polar surface area (TPSA) is 33.1 Å². The third kappa shape index (κ3) is 1.78. The summed E-state index contributed by atoms with van der Waals surface area (Å²) in [6, 6.07) is 10.3. The van der Waals surface area contributed by atoms with Gasteiger partial charge in [-0.2, -0.15) is 0 Å². The lowest BCUT2D eigenvalue weighted by Crippen LogP contribution is -2.37. The number of aromatic nitrogens is 1. The lowest BCUT2D eigenvalue weighted by molar-refractivity contribution is -0.0122. The number of pyridine rings is 1. The molecule has 0 saturated heterocycles. The predicted molar refractivity (Wildman–Crippen MR) is 75.8 cm³/mol. The molecule has 1 N–H and O–H groups in total. The normalized spacial score (nSPS) is 33.1. The Morgan fingerprint density at radius 3 is 2.89 bits per heavy atom. The summed E-state index contributed by atoms with van der Waals surface area (Å²) in [6.45, 7) is 0. The highest BCUT2D eigenvalue weighted by Crippen LogP contribution is 2.52. The number of fused-ring (bicyclic) bond motifs is 3. The summed E-state index contributed by atoms with van der Waals surface area (Å²) in [5, 5.41) is 12.2. The van der Waals surface area contributed by atoms with Crippen molar-refractivity contribution in [2.24, 2.45) is 11.8 Å². The standard InChI is InChI=1S/C17H19NO/c19-17(10-12-5-6-14(17)9-12)11-13-7-8-18-16-4-2-1-3-15(13)16/h1-4,7-8,12,14,19H,5-6,9-11H2. The molecule has 0 radical (unpaired) electrons. The molecule has 0 aliphatic heterocycles. The number of para-hydroxylation sites is 1. The van der Waals surface area contributed by atoms with Gasteiger partial charge in [0.15, 0.2) is 0 Å². The molecule has 2 nitrogen and oxygen atoms in total. The first-order chi connectivity index (χ1) is 9.24. The number of nitrogens with zero attached hydrogens (tertiary/aromatic N) is 1. The molecule has 2 bridgehead atoms. The van der Waals surface area contributed by atoms with Crippen LogP contribution in [0, 0.1) is 11.8 Å². The monoisotopic (exact) mass is 253 g/mol. The minimum Gasteiger partial charge on any atom is -0.389 e. The highest BCUT2D eigenvalue weighted by Gasteiger charge is 2.49. The quantitative estimate of drug-likeness (QED) is 0.890. The Bertz CT molecular complexity index is 618. The van der Waals surface area contributed by atoms with Crippen molar-refractivity contribution in [3.63, 3.8) is 0 Å². The molecule has 2 aliphatic carbocycles. The van der Waals surface area contributed by atoms with Crippen LogP contribution in [-0.2, 0) is 6.42 Å². The highest BCUT2D eigenvalue weighted by atomic mass is 16.3. The molecule has 2 fully saturated rings. The predicted octanol–water partition coefficient (Wildman–Crippen LogP) is 3.33. The van der Waals surface area contributed by atoms with Crippen LogP contribution in [0.1, 0.15) is 31.2 Å². The van der Waals surface area contributed by atoms with Gasteiger partial charge in [-0.1, -0.05) is 18.2 Å². The summed E-state index contributed by atoms with van der Waals surface area (Å²) >= 11 is 0. The van der Waals surface area contributed by atoms with Crippen molar-refractivity contribution in [1.82, 2.24) is 4.98 Å². The Morgan fingerprint density at radius 2 is 2.11 bits per heavy atom. The van der Waals surface area contributed by atoms with Crippen LogP contribution in [0.5, 0.6) is 0 Å². The molecule has 0 amide bonds. The zero-order valence-electron chi connectivity index (χ0n) is 11.0. The fourth-order valence-corrected chi connectivity index (χ4v) is 4.27. The summed E-state index contributed by atoms with van der Waals surface area (Å²) in [5.74, 6) is 1.28. The van der Waals surface area contributed by atoms with Crippen LogP contribution in [-0.4, -0.2) is 15.7 Å². The van der Waals surface area contributed by atoms with E-state index < -0.39 is 5.60 Å². The number of rotatable bonds is 2. The average Bonchev–Trinajstić information content (AvgIpc) is 2.99. The van der Waals surface area contributed by atoms with Crippen molar-refractivity contribution in [3.8, 4) is 0 Å². The van der Waals surface area contributed by atoms with Gasteiger partial charge in [-0.3, -0.25) is 4.98 Å². The maximum atomic E-state index is 11.0. The molecular formula is C17H19NO. The van der Waals surface area contributed by atoms with Gasteiger partial charge in [0.05, 0.1) is 11.1 Å². The van der Waals surface area contributed by atoms with Gasteiger partial charge < -0.3 is 5.11 Å². The third-order valence-electron chi connectivity index (χ3n) is 5.18. The van der Waals surface area contributed by atoms with Gasteiger partial charge in [-0.05, 0) is 55.2 Å². The summed E-state index contributed by atoms with van der Waals surface area (Å²) in [5.41, 5.74) is 1.82. The zero-order valence-corrected chi connectivity index (χ0v) is 11.0. The number of aliphatic hydroxyl groups is 1. The van der Waals surface area contributed by atoms with Gasteiger partial charge in [0, 0.05) is 18.0 Å². The van der Waals surface area contributed by atoms with Crippen LogP contribution < -0.4 is 0 Å². The lowest BCUT2D eigenvalue weighted by Gasteiger charge is -2.33. The molecule has 3 unspecified atom stereocenters. The van der Waals surface area contributed by atoms with E-state index >= 15 is 0 Å². The van der Waals surface area contributed by atoms with Crippen molar-refractivity contribution in [1.29, 1.82) is 0 Å². The molecule has 2 aromatic rings. The Balaban J connectivity index is 1.72. The molecular weight excluding hydrogens is 234 g/mol. The molecule has 2 heteroatoms. The molecule has 1 aromatic carbocycles. The Morgan fingerprint density at radius 1 is 1.21 bits per heavy atom. The maximum Gasteiger partial charge on any atom is 0.0718 e. The molecule has 2 saturated carbocycles. The lowest BCUT2D eigenvalue weighted by atomic mass is 9.79. The van der Waals surface area contributed by atoms with E-state index in [4.69, 9.17) is 0 Å². The Labute approximate surface area is 113 Å². The summed E-state index contributed by atoms with van der Waals surface area (Å²) in [4.78, 5) is 4.41. The molecule has 1 aromatic heterocycles. The van der Waals surface area contributed by atoms with Crippen LogP contribution >= 0.6 is 0 Å². The maximum absolute atomic E-state index is 11.0. The first-order valence-electron chi connectivity index (χ1n) is 7.30. The summed E-state index contributed by atoms with van der Waals surface area (Å²) < 4.78 is 0. The summed E-state index contributed by atoms with van der Waals surface area (Å²) in [6.07, 6.45) is 7.42. The van der Waals surface area contributed by atoms with Crippen LogP contribution in [0.15, 0.2) is 36.5 Å². The van der Waals surface area contributed by atoms with E-state index in [2.05, 4.69) is 23.2 Å². The SMILES string of the molecule is OC1(Cc2ccnc3ccccc23)CC2CCC1C2. The van der Waals surface area contributed by atoms with Gasteiger partial charge in [0.2, 0.25) is 0 Å². The van der Waals surface area contributed by atoms with Gasteiger partial charge in [0.1, 0.15) is 0 Å². The molecule has 4 rings (SSSR count). The van der Waals surface area contributed by atoms with E-state index in [1.165, 1.54) is 30.2 Å². The first-order valence-corrected chi connectivity index (χ1v) is 7.30. The van der Waals surface area contributed by atoms with Gasteiger partial charge in [-0.25, -0.2) is 0 Å². The minimum atomic E-state index is -0.465. The van der Waals surface area contributed by atoms with Gasteiger partial charge >= 0.3 is 0 Å². The van der Waals surface area contributed by atoms with Crippen LogP contribution in [0.25, 0.3) is 10.9 Å². The highest BCUT2D eigenvalue weighted by molar-refractivity contribution is 5.81. The van der Waals surface area contributed by atoms with Crippen molar-refractivity contribution in [3.05, 3.63) is 42.1 Å². The zero-order chi connectivity index (χ0) is 12.9. The second kappa shape index (κ2) is 4.04. The number of hydrogen-bond acceptors (Lipinski definition) is 2. The smallest absolute Gasteiger partial charge is 0.0718 e. The van der Waals surface area contributed by atoms with E-state index in [1.807, 2.05) is 18.3 Å². The van der Waals surface area contributed by atoms with Crippen LogP contribution in [0.3, 0.4) is 0 Å². The van der Waals surface area contributed by atoms with Gasteiger partial charge in [0.25, 0.3) is 0 Å². The molecule has 3 atom stereocenters. The second-order valence-corrected chi connectivity index (χ2v) is 6.35. The fraction of sp³-hybridized carbons (Fsp3) is 0.471. The van der Waals surface area contributed by atoms with Crippen molar-refractivity contribution >= 4 is 10.9 Å². The summed E-state index contributed by atoms with van der Waals surface area (Å²) in [7, 11) is 0. The first kappa shape index (κ1) is 11.4. The van der Waals surface area contributed by atoms with E-state index in [0.29, 0.717) is 5.92 Å². The molecule has 19 heavy (non-hydrogen) atoms. The van der Waals surface area contributed by atoms with Crippen molar-refractivity contribution in [2.45, 2.75) is 37.7 Å².